The van der Waals surface area contributed by atoms with Crippen molar-refractivity contribution in [2.75, 3.05) is 6.16 Å². The van der Waals surface area contributed by atoms with Gasteiger partial charge in [-0.3, -0.25) is 0 Å². The highest BCUT2D eigenvalue weighted by molar-refractivity contribution is 7.52. The van der Waals surface area contributed by atoms with Crippen LogP contribution in [0.2, 0.25) is 0 Å². The predicted molar refractivity (Wildman–Crippen MR) is 66.3 cm³/mol. The van der Waals surface area contributed by atoms with Gasteiger partial charge < -0.3 is 4.89 Å². The summed E-state index contributed by atoms with van der Waals surface area (Å²) in [5, 5.41) is 1.34. The van der Waals surface area contributed by atoms with Crippen LogP contribution in [0.4, 0.5) is 0 Å². The van der Waals surface area contributed by atoms with Crippen LogP contribution in [-0.4, -0.2) is 11.5 Å². The summed E-state index contributed by atoms with van der Waals surface area (Å²) in [6.07, 6.45) is 11.9. The second-order valence-corrected chi connectivity index (χ2v) is 6.46. The van der Waals surface area contributed by atoms with E-state index < -0.39 is 7.77 Å². The van der Waals surface area contributed by atoms with Gasteiger partial charge in [0.2, 0.25) is 0 Å². The zero-order chi connectivity index (χ0) is 10.9. The lowest BCUT2D eigenvalue weighted by Crippen LogP contribution is -2.29. The highest BCUT2D eigenvalue weighted by atomic mass is 31.1. The van der Waals surface area contributed by atoms with Crippen molar-refractivity contribution < 1.29 is 4.89 Å². The van der Waals surface area contributed by atoms with E-state index in [1.165, 1.54) is 10.9 Å². The fourth-order valence-electron chi connectivity index (χ4n) is 2.80. The van der Waals surface area contributed by atoms with E-state index in [-0.39, 0.29) is 5.41 Å². The Morgan fingerprint density at radius 1 is 1.53 bits per heavy atom. The summed E-state index contributed by atoms with van der Waals surface area (Å²) in [5.41, 5.74) is 1.55. The van der Waals surface area contributed by atoms with E-state index in [0.717, 1.165) is 31.8 Å². The van der Waals surface area contributed by atoms with E-state index in [2.05, 4.69) is 32.1 Å². The van der Waals surface area contributed by atoms with Gasteiger partial charge in [0.15, 0.2) is 0 Å². The first-order valence-electron chi connectivity index (χ1n) is 5.84. The molecule has 0 aromatic rings. The molecule has 0 spiro atoms. The molecule has 1 aliphatic heterocycles. The molecule has 0 fully saturated rings. The molecule has 2 aliphatic rings. The molecule has 82 valence electrons. The third kappa shape index (κ3) is 1.96. The van der Waals surface area contributed by atoms with Gasteiger partial charge in [-0.2, -0.15) is 0 Å². The van der Waals surface area contributed by atoms with Crippen molar-refractivity contribution in [2.24, 2.45) is 5.41 Å². The molecule has 2 atom stereocenters. The van der Waals surface area contributed by atoms with Crippen LogP contribution in [0.5, 0.6) is 0 Å². The molecule has 0 amide bonds. The molecule has 0 aromatic carbocycles. The molecule has 0 saturated heterocycles. The van der Waals surface area contributed by atoms with Crippen molar-refractivity contribution in [3.05, 3.63) is 23.8 Å². The summed E-state index contributed by atoms with van der Waals surface area (Å²) in [6, 6.07) is 0. The molecule has 0 N–H and O–H groups in total. The summed E-state index contributed by atoms with van der Waals surface area (Å²) in [7, 11) is -1.04. The Bertz CT molecular complexity index is 352. The summed E-state index contributed by atoms with van der Waals surface area (Å²) in [5.74, 6) is 0. The highest BCUT2D eigenvalue weighted by Gasteiger charge is 2.39. The van der Waals surface area contributed by atoms with E-state index in [1.54, 1.807) is 0 Å². The normalized spacial score (nSPS) is 33.4. The first kappa shape index (κ1) is 11.1. The maximum atomic E-state index is 12.0. The predicted octanol–water partition coefficient (Wildman–Crippen LogP) is 3.01. The van der Waals surface area contributed by atoms with Crippen molar-refractivity contribution in [3.63, 3.8) is 0 Å². The number of hydrogen-bond donors (Lipinski definition) is 0. The molecule has 0 bridgehead atoms. The Hall–Kier alpha value is -0.390. The Balaban J connectivity index is 2.35. The van der Waals surface area contributed by atoms with Gasteiger partial charge in [-0.15, -0.1) is 0 Å². The molecule has 2 unspecified atom stereocenters. The van der Waals surface area contributed by atoms with Gasteiger partial charge in [-0.05, 0) is 26.2 Å². The quantitative estimate of drug-likeness (QED) is 0.659. The largest absolute Gasteiger partial charge is 0.630 e. The summed E-state index contributed by atoms with van der Waals surface area (Å²) >= 11 is 0. The van der Waals surface area contributed by atoms with Crippen molar-refractivity contribution in [1.29, 1.82) is 0 Å². The minimum atomic E-state index is -1.04. The van der Waals surface area contributed by atoms with Crippen LogP contribution in [0.1, 0.15) is 39.5 Å². The van der Waals surface area contributed by atoms with E-state index in [9.17, 15) is 4.89 Å². The second kappa shape index (κ2) is 4.23. The van der Waals surface area contributed by atoms with Gasteiger partial charge in [0, 0.05) is 6.42 Å². The minimum Gasteiger partial charge on any atom is -0.630 e. The van der Waals surface area contributed by atoms with Crippen LogP contribution in [0, 0.1) is 5.41 Å². The van der Waals surface area contributed by atoms with Crippen molar-refractivity contribution in [3.8, 4) is 0 Å². The van der Waals surface area contributed by atoms with Crippen molar-refractivity contribution in [1.82, 2.24) is 0 Å². The number of hydrogen-bond acceptors (Lipinski definition) is 1. The van der Waals surface area contributed by atoms with E-state index in [0.29, 0.717) is 0 Å². The Morgan fingerprint density at radius 3 is 2.87 bits per heavy atom. The van der Waals surface area contributed by atoms with Crippen LogP contribution in [0.25, 0.3) is 0 Å². The standard InChI is InChI=1S/C13H19OP/c1-3-13(8-4-6-11(2)10-13)12-7-5-9-15(12)14/h4,6,8H,3,5,7,9-10H2,1-2H3. The Kier molecular flexibility index (Phi) is 3.13. The summed E-state index contributed by atoms with van der Waals surface area (Å²) < 4.78 is 0. The molecule has 0 saturated carbocycles. The topological polar surface area (TPSA) is 23.1 Å². The fraction of sp³-hybridized carbons (Fsp3) is 0.615. The van der Waals surface area contributed by atoms with Crippen LogP contribution >= 0.6 is 7.77 Å². The molecule has 1 heterocycles. The number of rotatable bonds is 2. The van der Waals surface area contributed by atoms with Crippen molar-refractivity contribution >= 4 is 13.1 Å². The van der Waals surface area contributed by atoms with Crippen molar-refractivity contribution in [2.45, 2.75) is 39.5 Å². The first-order chi connectivity index (χ1) is 7.18. The molecular formula is C13H19OP. The number of allylic oxidation sites excluding steroid dienone is 4. The lowest BCUT2D eigenvalue weighted by Gasteiger charge is -2.31. The SMILES string of the molecule is CCC1(C2=[P+]([O-])CCC2)C=CC=C(C)C1. The van der Waals surface area contributed by atoms with Gasteiger partial charge in [0.1, 0.15) is 11.5 Å². The van der Waals surface area contributed by atoms with Gasteiger partial charge in [-0.25, -0.2) is 0 Å². The zero-order valence-corrected chi connectivity index (χ0v) is 10.5. The van der Waals surface area contributed by atoms with Crippen LogP contribution < -0.4 is 4.89 Å². The van der Waals surface area contributed by atoms with Crippen LogP contribution in [-0.2, 0) is 0 Å². The van der Waals surface area contributed by atoms with Crippen LogP contribution in [0.15, 0.2) is 23.8 Å². The third-order valence-corrected chi connectivity index (χ3v) is 5.67. The van der Waals surface area contributed by atoms with Gasteiger partial charge in [-0.1, -0.05) is 30.7 Å². The molecule has 15 heavy (non-hydrogen) atoms. The van der Waals surface area contributed by atoms with E-state index in [4.69, 9.17) is 0 Å². The van der Waals surface area contributed by atoms with E-state index in [1.807, 2.05) is 0 Å². The van der Waals surface area contributed by atoms with Gasteiger partial charge in [0.25, 0.3) is 0 Å². The monoisotopic (exact) mass is 222 g/mol. The average molecular weight is 222 g/mol. The molecule has 1 nitrogen and oxygen atoms in total. The Labute approximate surface area is 93.4 Å². The molecule has 2 heteroatoms. The molecule has 1 aliphatic carbocycles. The van der Waals surface area contributed by atoms with Crippen LogP contribution in [0.3, 0.4) is 0 Å². The zero-order valence-electron chi connectivity index (χ0n) is 9.62. The third-order valence-electron chi connectivity index (χ3n) is 3.67. The highest BCUT2D eigenvalue weighted by Crippen LogP contribution is 2.45. The molecule has 2 rings (SSSR count). The average Bonchev–Trinajstić information content (AvgIpc) is 2.65. The maximum absolute atomic E-state index is 12.0. The maximum Gasteiger partial charge on any atom is 0.104 e. The minimum absolute atomic E-state index is 0.128. The molecular weight excluding hydrogens is 203 g/mol. The Morgan fingerprint density at radius 2 is 2.33 bits per heavy atom. The van der Waals surface area contributed by atoms with Gasteiger partial charge in [0.05, 0.1) is 13.2 Å². The van der Waals surface area contributed by atoms with Gasteiger partial charge >= 0.3 is 0 Å². The molecule has 0 radical (unpaired) electrons. The van der Waals surface area contributed by atoms with E-state index >= 15 is 0 Å². The molecule has 0 aromatic heterocycles. The lowest BCUT2D eigenvalue weighted by atomic mass is 9.73. The first-order valence-corrected chi connectivity index (χ1v) is 7.28. The second-order valence-electron chi connectivity index (χ2n) is 4.71. The lowest BCUT2D eigenvalue weighted by molar-refractivity contribution is -0.152. The summed E-state index contributed by atoms with van der Waals surface area (Å²) in [6.45, 7) is 4.40. The smallest absolute Gasteiger partial charge is 0.104 e. The fourth-order valence-corrected chi connectivity index (χ4v) is 4.74. The summed E-state index contributed by atoms with van der Waals surface area (Å²) in [4.78, 5) is 12.0.